The lowest BCUT2D eigenvalue weighted by atomic mass is 10.1. The third-order valence-corrected chi connectivity index (χ3v) is 3.85. The number of amides is 3. The van der Waals surface area contributed by atoms with E-state index in [2.05, 4.69) is 5.43 Å². The number of benzene rings is 2. The number of carbonyl (C=O) groups excluding carboxylic acids is 3. The lowest BCUT2D eigenvalue weighted by Crippen LogP contribution is -2.45. The second-order valence-electron chi connectivity index (χ2n) is 5.42. The average Bonchev–Trinajstić information content (AvgIpc) is 2.91. The maximum absolute atomic E-state index is 12.2. The number of rotatable bonds is 5. The standard InChI is InChI=1S/C19H16N2O5/c1-25-15-9-7-12(11-16(15)26-2)8-10-17(22)20-21-18(23)13-5-3-4-6-14(13)19(21)24/h3-11H,1-2H3,(H,20,22)/b10-8+. The van der Waals surface area contributed by atoms with Crippen LogP contribution < -0.4 is 14.9 Å². The molecule has 1 aliphatic rings. The molecule has 1 heterocycles. The van der Waals surface area contributed by atoms with Gasteiger partial charge in [-0.1, -0.05) is 18.2 Å². The molecular formula is C19H16N2O5. The van der Waals surface area contributed by atoms with Crippen LogP contribution in [0.25, 0.3) is 6.08 Å². The van der Waals surface area contributed by atoms with E-state index in [9.17, 15) is 14.4 Å². The number of carbonyl (C=O) groups is 3. The van der Waals surface area contributed by atoms with Gasteiger partial charge in [0, 0.05) is 6.08 Å². The van der Waals surface area contributed by atoms with E-state index in [1.165, 1.54) is 26.4 Å². The molecule has 0 atom stereocenters. The van der Waals surface area contributed by atoms with Crippen LogP contribution in [-0.2, 0) is 4.79 Å². The van der Waals surface area contributed by atoms with E-state index in [1.807, 2.05) is 0 Å². The Balaban J connectivity index is 1.71. The van der Waals surface area contributed by atoms with Gasteiger partial charge < -0.3 is 9.47 Å². The Morgan fingerprint density at radius 3 is 2.15 bits per heavy atom. The second kappa shape index (κ2) is 7.10. The minimum Gasteiger partial charge on any atom is -0.493 e. The molecule has 1 N–H and O–H groups in total. The van der Waals surface area contributed by atoms with E-state index in [0.717, 1.165) is 0 Å². The summed E-state index contributed by atoms with van der Waals surface area (Å²) < 4.78 is 10.3. The van der Waals surface area contributed by atoms with E-state index >= 15 is 0 Å². The van der Waals surface area contributed by atoms with Crippen LogP contribution in [0.4, 0.5) is 0 Å². The summed E-state index contributed by atoms with van der Waals surface area (Å²) in [7, 11) is 3.04. The lowest BCUT2D eigenvalue weighted by molar-refractivity contribution is -0.119. The van der Waals surface area contributed by atoms with Crippen molar-refractivity contribution in [2.24, 2.45) is 0 Å². The van der Waals surface area contributed by atoms with Crippen molar-refractivity contribution < 1.29 is 23.9 Å². The molecule has 0 aromatic heterocycles. The molecule has 3 rings (SSSR count). The molecule has 0 radical (unpaired) electrons. The monoisotopic (exact) mass is 352 g/mol. The first-order valence-electron chi connectivity index (χ1n) is 7.73. The number of ether oxygens (including phenoxy) is 2. The normalized spacial score (nSPS) is 13.1. The molecule has 1 aliphatic heterocycles. The Morgan fingerprint density at radius 2 is 1.58 bits per heavy atom. The van der Waals surface area contributed by atoms with Gasteiger partial charge in [-0.2, -0.15) is 5.01 Å². The van der Waals surface area contributed by atoms with Gasteiger partial charge in [0.2, 0.25) is 0 Å². The Kier molecular flexibility index (Phi) is 4.70. The van der Waals surface area contributed by atoms with Gasteiger partial charge >= 0.3 is 0 Å². The van der Waals surface area contributed by atoms with Crippen LogP contribution in [0.15, 0.2) is 48.5 Å². The van der Waals surface area contributed by atoms with Gasteiger partial charge in [-0.25, -0.2) is 0 Å². The van der Waals surface area contributed by atoms with Gasteiger partial charge in [-0.15, -0.1) is 0 Å². The van der Waals surface area contributed by atoms with Crippen molar-refractivity contribution in [3.05, 3.63) is 65.2 Å². The number of nitrogens with zero attached hydrogens (tertiary/aromatic N) is 1. The van der Waals surface area contributed by atoms with Crippen molar-refractivity contribution in [2.75, 3.05) is 14.2 Å². The number of nitrogens with one attached hydrogen (secondary N) is 1. The highest BCUT2D eigenvalue weighted by atomic mass is 16.5. The molecule has 0 spiro atoms. The lowest BCUT2D eigenvalue weighted by Gasteiger charge is -2.13. The average molecular weight is 352 g/mol. The summed E-state index contributed by atoms with van der Waals surface area (Å²) >= 11 is 0. The fourth-order valence-corrected chi connectivity index (χ4v) is 2.57. The third kappa shape index (κ3) is 3.14. The molecule has 132 valence electrons. The van der Waals surface area contributed by atoms with Crippen molar-refractivity contribution in [2.45, 2.75) is 0 Å². The summed E-state index contributed by atoms with van der Waals surface area (Å²) in [6.45, 7) is 0. The molecule has 7 nitrogen and oxygen atoms in total. The van der Waals surface area contributed by atoms with E-state index < -0.39 is 17.7 Å². The number of methoxy groups -OCH3 is 2. The van der Waals surface area contributed by atoms with Crippen molar-refractivity contribution >= 4 is 23.8 Å². The molecule has 0 aliphatic carbocycles. The summed E-state index contributed by atoms with van der Waals surface area (Å²) in [4.78, 5) is 36.5. The zero-order valence-electron chi connectivity index (χ0n) is 14.2. The van der Waals surface area contributed by atoms with E-state index in [4.69, 9.17) is 9.47 Å². The number of hydrogen-bond donors (Lipinski definition) is 1. The first-order valence-corrected chi connectivity index (χ1v) is 7.73. The van der Waals surface area contributed by atoms with E-state index in [0.29, 0.717) is 22.1 Å². The molecule has 2 aromatic carbocycles. The highest BCUT2D eigenvalue weighted by molar-refractivity contribution is 6.21. The van der Waals surface area contributed by atoms with E-state index in [-0.39, 0.29) is 11.1 Å². The molecule has 0 bridgehead atoms. The molecule has 0 fully saturated rings. The Labute approximate surface area is 149 Å². The summed E-state index contributed by atoms with van der Waals surface area (Å²) in [6.07, 6.45) is 2.76. The van der Waals surface area contributed by atoms with Crippen LogP contribution >= 0.6 is 0 Å². The molecule has 26 heavy (non-hydrogen) atoms. The molecule has 0 saturated heterocycles. The zero-order valence-corrected chi connectivity index (χ0v) is 14.2. The van der Waals surface area contributed by atoms with Gasteiger partial charge in [0.05, 0.1) is 25.3 Å². The minimum atomic E-state index is -0.603. The summed E-state index contributed by atoms with van der Waals surface area (Å²) in [5, 5.41) is 0.714. The van der Waals surface area contributed by atoms with Crippen molar-refractivity contribution in [1.82, 2.24) is 10.4 Å². The van der Waals surface area contributed by atoms with Crippen molar-refractivity contribution in [3.8, 4) is 11.5 Å². The maximum atomic E-state index is 12.2. The van der Waals surface area contributed by atoms with Crippen LogP contribution in [0.2, 0.25) is 0 Å². The Morgan fingerprint density at radius 1 is 0.962 bits per heavy atom. The number of fused-ring (bicyclic) bond motifs is 1. The fraction of sp³-hybridized carbons (Fsp3) is 0.105. The van der Waals surface area contributed by atoms with Crippen molar-refractivity contribution in [3.63, 3.8) is 0 Å². The van der Waals surface area contributed by atoms with E-state index in [1.54, 1.807) is 42.5 Å². The smallest absolute Gasteiger partial charge is 0.280 e. The molecule has 3 amide bonds. The summed E-state index contributed by atoms with van der Waals surface area (Å²) in [6, 6.07) is 11.6. The fourth-order valence-electron chi connectivity index (χ4n) is 2.57. The predicted molar refractivity (Wildman–Crippen MR) is 93.7 cm³/mol. The Bertz CT molecular complexity index is 885. The minimum absolute atomic E-state index is 0.265. The second-order valence-corrected chi connectivity index (χ2v) is 5.42. The van der Waals surface area contributed by atoms with Gasteiger partial charge in [-0.05, 0) is 35.9 Å². The summed E-state index contributed by atoms with van der Waals surface area (Å²) in [5.74, 6) is -0.623. The quantitative estimate of drug-likeness (QED) is 0.658. The maximum Gasteiger partial charge on any atom is 0.280 e. The molecule has 0 saturated carbocycles. The van der Waals surface area contributed by atoms with Crippen molar-refractivity contribution in [1.29, 1.82) is 0 Å². The Hall–Kier alpha value is -3.61. The molecule has 7 heteroatoms. The van der Waals surface area contributed by atoms with Gasteiger partial charge in [0.1, 0.15) is 0 Å². The van der Waals surface area contributed by atoms with Crippen LogP contribution in [0.5, 0.6) is 11.5 Å². The predicted octanol–water partition coefficient (Wildman–Crippen LogP) is 2.04. The SMILES string of the molecule is COc1ccc(/C=C/C(=O)NN2C(=O)c3ccccc3C2=O)cc1OC. The zero-order chi connectivity index (χ0) is 18.7. The third-order valence-electron chi connectivity index (χ3n) is 3.85. The number of hydrazine groups is 1. The van der Waals surface area contributed by atoms with Gasteiger partial charge in [0.15, 0.2) is 11.5 Å². The van der Waals surface area contributed by atoms with Crippen LogP contribution in [0.1, 0.15) is 26.3 Å². The number of imide groups is 1. The number of hydrogen-bond acceptors (Lipinski definition) is 5. The highest BCUT2D eigenvalue weighted by Crippen LogP contribution is 2.28. The molecule has 2 aromatic rings. The van der Waals surface area contributed by atoms with Crippen LogP contribution in [0, 0.1) is 0 Å². The van der Waals surface area contributed by atoms with Gasteiger partial charge in [-0.3, -0.25) is 19.8 Å². The van der Waals surface area contributed by atoms with Crippen LogP contribution in [0.3, 0.4) is 0 Å². The summed E-state index contributed by atoms with van der Waals surface area (Å²) in [5.41, 5.74) is 3.52. The first kappa shape index (κ1) is 17.2. The topological polar surface area (TPSA) is 84.9 Å². The van der Waals surface area contributed by atoms with Crippen LogP contribution in [-0.4, -0.2) is 37.0 Å². The molecule has 0 unspecified atom stereocenters. The molecular weight excluding hydrogens is 336 g/mol. The largest absolute Gasteiger partial charge is 0.493 e. The van der Waals surface area contributed by atoms with Gasteiger partial charge in [0.25, 0.3) is 17.7 Å². The first-order chi connectivity index (χ1) is 12.5. The highest BCUT2D eigenvalue weighted by Gasteiger charge is 2.36.